The molecule has 0 radical (unpaired) electrons. The van der Waals surface area contributed by atoms with Gasteiger partial charge in [0.1, 0.15) is 6.54 Å². The minimum atomic E-state index is 0.454. The van der Waals surface area contributed by atoms with Crippen molar-refractivity contribution in [2.45, 2.75) is 20.3 Å². The van der Waals surface area contributed by atoms with Gasteiger partial charge in [0.25, 0.3) is 0 Å². The highest BCUT2D eigenvalue weighted by molar-refractivity contribution is 7.80. The van der Waals surface area contributed by atoms with Gasteiger partial charge in [0.05, 0.1) is 11.1 Å². The molecule has 1 aliphatic heterocycles. The van der Waals surface area contributed by atoms with Crippen molar-refractivity contribution in [1.29, 1.82) is 5.26 Å². The smallest absolute Gasteiger partial charge is 0.106 e. The molecule has 3 heteroatoms. The summed E-state index contributed by atoms with van der Waals surface area (Å²) in [6.07, 6.45) is 1.16. The van der Waals surface area contributed by atoms with Crippen molar-refractivity contribution in [1.82, 2.24) is 4.90 Å². The van der Waals surface area contributed by atoms with Gasteiger partial charge in [-0.05, 0) is 12.3 Å². The van der Waals surface area contributed by atoms with E-state index in [-0.39, 0.29) is 0 Å². The summed E-state index contributed by atoms with van der Waals surface area (Å²) in [6, 6.07) is 2.14. The van der Waals surface area contributed by atoms with Crippen LogP contribution in [0.3, 0.4) is 0 Å². The van der Waals surface area contributed by atoms with Crippen molar-refractivity contribution in [2.24, 2.45) is 11.8 Å². The van der Waals surface area contributed by atoms with Crippen LogP contribution in [0.5, 0.6) is 0 Å². The fourth-order valence-electron chi connectivity index (χ4n) is 1.49. The van der Waals surface area contributed by atoms with Gasteiger partial charge in [-0.15, -0.1) is 0 Å². The lowest BCUT2D eigenvalue weighted by Gasteiger charge is -2.35. The SMILES string of the molecule is CC1CCN(CC#N)C(=S)C1C. The van der Waals surface area contributed by atoms with Gasteiger partial charge in [0.15, 0.2) is 0 Å². The van der Waals surface area contributed by atoms with Crippen LogP contribution in [0.1, 0.15) is 20.3 Å². The van der Waals surface area contributed by atoms with E-state index in [2.05, 4.69) is 19.9 Å². The Morgan fingerprint density at radius 3 is 2.92 bits per heavy atom. The molecule has 66 valence electrons. The zero-order valence-corrected chi connectivity index (χ0v) is 8.40. The number of nitrogens with zero attached hydrogens (tertiary/aromatic N) is 2. The van der Waals surface area contributed by atoms with Crippen LogP contribution in [0.15, 0.2) is 0 Å². The van der Waals surface area contributed by atoms with Gasteiger partial charge in [-0.2, -0.15) is 5.26 Å². The maximum atomic E-state index is 8.54. The number of likely N-dealkylation sites (tertiary alicyclic amines) is 1. The van der Waals surface area contributed by atoms with Gasteiger partial charge in [0.2, 0.25) is 0 Å². The molecule has 12 heavy (non-hydrogen) atoms. The maximum Gasteiger partial charge on any atom is 0.106 e. The average molecular weight is 182 g/mol. The molecule has 2 unspecified atom stereocenters. The molecule has 0 aromatic heterocycles. The Labute approximate surface area is 79.2 Å². The van der Waals surface area contributed by atoms with Crippen molar-refractivity contribution in [3.8, 4) is 6.07 Å². The average Bonchev–Trinajstić information content (AvgIpc) is 2.07. The predicted octanol–water partition coefficient (Wildman–Crippen LogP) is 1.82. The van der Waals surface area contributed by atoms with Crippen LogP contribution < -0.4 is 0 Å². The first-order valence-electron chi connectivity index (χ1n) is 4.32. The standard InChI is InChI=1S/C9H14N2S/c1-7-3-5-11(6-4-10)9(12)8(7)2/h7-8H,3,5-6H2,1-2H3. The fourth-order valence-corrected chi connectivity index (χ4v) is 1.88. The van der Waals surface area contributed by atoms with Crippen LogP contribution in [0.2, 0.25) is 0 Å². The van der Waals surface area contributed by atoms with Gasteiger partial charge >= 0.3 is 0 Å². The summed E-state index contributed by atoms with van der Waals surface area (Å²) in [4.78, 5) is 2.98. The van der Waals surface area contributed by atoms with Gasteiger partial charge in [-0.3, -0.25) is 0 Å². The second-order valence-corrected chi connectivity index (χ2v) is 3.89. The predicted molar refractivity (Wildman–Crippen MR) is 52.7 cm³/mol. The highest BCUT2D eigenvalue weighted by atomic mass is 32.1. The van der Waals surface area contributed by atoms with E-state index in [0.717, 1.165) is 18.0 Å². The molecular formula is C9H14N2S. The third kappa shape index (κ3) is 1.75. The lowest BCUT2D eigenvalue weighted by molar-refractivity contribution is 0.303. The summed E-state index contributed by atoms with van der Waals surface area (Å²) in [6.45, 7) is 5.78. The number of hydrogen-bond donors (Lipinski definition) is 0. The second-order valence-electron chi connectivity index (χ2n) is 3.47. The van der Waals surface area contributed by atoms with Crippen LogP contribution >= 0.6 is 12.2 Å². The molecule has 0 aromatic carbocycles. The van der Waals surface area contributed by atoms with Crippen LogP contribution in [-0.4, -0.2) is 23.0 Å². The first-order chi connectivity index (χ1) is 5.66. The highest BCUT2D eigenvalue weighted by Crippen LogP contribution is 2.24. The third-order valence-corrected chi connectivity index (χ3v) is 3.30. The molecule has 1 fully saturated rings. The maximum absolute atomic E-state index is 8.54. The van der Waals surface area contributed by atoms with Crippen molar-refractivity contribution in [3.05, 3.63) is 0 Å². The van der Waals surface area contributed by atoms with Crippen LogP contribution in [0.4, 0.5) is 0 Å². The Morgan fingerprint density at radius 1 is 1.67 bits per heavy atom. The van der Waals surface area contributed by atoms with Gasteiger partial charge in [-0.1, -0.05) is 26.1 Å². The molecule has 0 N–H and O–H groups in total. The zero-order valence-electron chi connectivity index (χ0n) is 7.58. The Balaban J connectivity index is 2.60. The lowest BCUT2D eigenvalue weighted by atomic mass is 9.88. The molecule has 0 aromatic rings. The quantitative estimate of drug-likeness (QED) is 0.457. The monoisotopic (exact) mass is 182 g/mol. The van der Waals surface area contributed by atoms with Crippen molar-refractivity contribution in [3.63, 3.8) is 0 Å². The molecular weight excluding hydrogens is 168 g/mol. The summed E-state index contributed by atoms with van der Waals surface area (Å²) < 4.78 is 0. The molecule has 1 saturated heterocycles. The lowest BCUT2D eigenvalue weighted by Crippen LogP contribution is -2.42. The van der Waals surface area contributed by atoms with E-state index < -0.39 is 0 Å². The molecule has 0 bridgehead atoms. The van der Waals surface area contributed by atoms with Crippen molar-refractivity contribution in [2.75, 3.05) is 13.1 Å². The summed E-state index contributed by atoms with van der Waals surface area (Å²) in [7, 11) is 0. The molecule has 2 nitrogen and oxygen atoms in total. The third-order valence-electron chi connectivity index (χ3n) is 2.67. The van der Waals surface area contributed by atoms with Gasteiger partial charge in [0, 0.05) is 12.5 Å². The number of thiocarbonyl (C=S) groups is 1. The Hall–Kier alpha value is -0.620. The van der Waals surface area contributed by atoms with E-state index in [1.54, 1.807) is 0 Å². The first-order valence-corrected chi connectivity index (χ1v) is 4.73. The molecule has 1 rings (SSSR count). The van der Waals surface area contributed by atoms with Gasteiger partial charge in [-0.25, -0.2) is 0 Å². The highest BCUT2D eigenvalue weighted by Gasteiger charge is 2.26. The fraction of sp³-hybridized carbons (Fsp3) is 0.778. The van der Waals surface area contributed by atoms with E-state index >= 15 is 0 Å². The molecule has 2 atom stereocenters. The van der Waals surface area contributed by atoms with Crippen LogP contribution in [0.25, 0.3) is 0 Å². The second kappa shape index (κ2) is 3.86. The molecule has 0 amide bonds. The zero-order chi connectivity index (χ0) is 9.14. The molecule has 0 saturated carbocycles. The summed E-state index contributed by atoms with van der Waals surface area (Å²) in [5.74, 6) is 1.13. The molecule has 1 aliphatic rings. The number of hydrogen-bond acceptors (Lipinski definition) is 2. The topological polar surface area (TPSA) is 27.0 Å². The molecule has 1 heterocycles. The molecule has 0 aliphatic carbocycles. The van der Waals surface area contributed by atoms with E-state index in [1.165, 1.54) is 0 Å². The summed E-state index contributed by atoms with van der Waals surface area (Å²) in [5.41, 5.74) is 0. The Kier molecular flexibility index (Phi) is 3.05. The number of nitriles is 1. The Morgan fingerprint density at radius 2 is 2.33 bits per heavy atom. The first kappa shape index (κ1) is 9.47. The van der Waals surface area contributed by atoms with E-state index in [0.29, 0.717) is 18.4 Å². The van der Waals surface area contributed by atoms with Crippen LogP contribution in [-0.2, 0) is 0 Å². The van der Waals surface area contributed by atoms with E-state index in [4.69, 9.17) is 17.5 Å². The van der Waals surface area contributed by atoms with E-state index in [1.807, 2.05) is 4.90 Å². The minimum absolute atomic E-state index is 0.454. The number of piperidine rings is 1. The van der Waals surface area contributed by atoms with Crippen molar-refractivity contribution < 1.29 is 0 Å². The van der Waals surface area contributed by atoms with E-state index in [9.17, 15) is 0 Å². The normalized spacial score (nSPS) is 30.1. The largest absolute Gasteiger partial charge is 0.353 e. The number of rotatable bonds is 1. The minimum Gasteiger partial charge on any atom is -0.353 e. The summed E-state index contributed by atoms with van der Waals surface area (Å²) in [5, 5.41) is 8.54. The van der Waals surface area contributed by atoms with Crippen LogP contribution in [0, 0.1) is 23.2 Å². The summed E-state index contributed by atoms with van der Waals surface area (Å²) >= 11 is 5.27. The van der Waals surface area contributed by atoms with Crippen molar-refractivity contribution >= 4 is 17.2 Å². The Bertz CT molecular complexity index is 219. The molecule has 0 spiro atoms. The van der Waals surface area contributed by atoms with Gasteiger partial charge < -0.3 is 4.90 Å².